The zero-order chi connectivity index (χ0) is 13.1. The standard InChI is InChI=1S/C9H17NO6S/c1-2-16-3-4-17(14,15)10-6-7(11)5-8(10)9(12)13/h7-8,11H,2-6H2,1H3,(H,12,13). The average Bonchev–Trinajstić information content (AvgIpc) is 2.61. The van der Waals surface area contributed by atoms with Crippen molar-refractivity contribution in [1.29, 1.82) is 0 Å². The van der Waals surface area contributed by atoms with Crippen molar-refractivity contribution in [1.82, 2.24) is 4.31 Å². The number of aliphatic hydroxyl groups is 1. The highest BCUT2D eigenvalue weighted by Crippen LogP contribution is 2.22. The number of aliphatic carboxylic acids is 1. The minimum atomic E-state index is -3.69. The van der Waals surface area contributed by atoms with E-state index in [0.717, 1.165) is 4.31 Å². The first-order chi connectivity index (χ1) is 7.88. The van der Waals surface area contributed by atoms with Crippen molar-refractivity contribution in [3.63, 3.8) is 0 Å². The first kappa shape index (κ1) is 14.4. The Morgan fingerprint density at radius 2 is 2.18 bits per heavy atom. The van der Waals surface area contributed by atoms with E-state index in [-0.39, 0.29) is 25.3 Å². The molecule has 0 aromatic rings. The van der Waals surface area contributed by atoms with E-state index >= 15 is 0 Å². The molecule has 1 heterocycles. The van der Waals surface area contributed by atoms with Crippen LogP contribution < -0.4 is 0 Å². The van der Waals surface area contributed by atoms with Gasteiger partial charge in [0.15, 0.2) is 0 Å². The molecule has 2 atom stereocenters. The Balaban J connectivity index is 2.72. The highest BCUT2D eigenvalue weighted by atomic mass is 32.2. The van der Waals surface area contributed by atoms with Crippen LogP contribution >= 0.6 is 0 Å². The third-order valence-electron chi connectivity index (χ3n) is 2.57. The van der Waals surface area contributed by atoms with Crippen LogP contribution in [0.5, 0.6) is 0 Å². The van der Waals surface area contributed by atoms with Gasteiger partial charge in [0, 0.05) is 19.6 Å². The molecule has 0 aromatic heterocycles. The number of carboxylic acids is 1. The number of ether oxygens (including phenoxy) is 1. The predicted octanol–water partition coefficient (Wildman–Crippen LogP) is -1.13. The summed E-state index contributed by atoms with van der Waals surface area (Å²) >= 11 is 0. The molecule has 1 saturated heterocycles. The lowest BCUT2D eigenvalue weighted by Gasteiger charge is -2.20. The topological polar surface area (TPSA) is 104 Å². The minimum absolute atomic E-state index is 0.0256. The lowest BCUT2D eigenvalue weighted by molar-refractivity contribution is -0.140. The van der Waals surface area contributed by atoms with E-state index < -0.39 is 28.1 Å². The Morgan fingerprint density at radius 1 is 1.53 bits per heavy atom. The molecule has 0 saturated carbocycles. The van der Waals surface area contributed by atoms with Crippen LogP contribution in [0.4, 0.5) is 0 Å². The highest BCUT2D eigenvalue weighted by Gasteiger charge is 2.42. The molecule has 1 aliphatic rings. The summed E-state index contributed by atoms with van der Waals surface area (Å²) in [7, 11) is -3.69. The number of hydrogen-bond donors (Lipinski definition) is 2. The van der Waals surface area contributed by atoms with Crippen molar-refractivity contribution < 1.29 is 28.2 Å². The molecular formula is C9H17NO6S. The van der Waals surface area contributed by atoms with Gasteiger partial charge in [-0.3, -0.25) is 4.79 Å². The third kappa shape index (κ3) is 3.63. The van der Waals surface area contributed by atoms with E-state index in [2.05, 4.69) is 0 Å². The summed E-state index contributed by atoms with van der Waals surface area (Å²) in [6, 6.07) is -1.17. The Hall–Kier alpha value is -0.700. The Bertz CT molecular complexity index is 368. The van der Waals surface area contributed by atoms with Gasteiger partial charge in [-0.2, -0.15) is 4.31 Å². The second-order valence-corrected chi connectivity index (χ2v) is 5.87. The number of aliphatic hydroxyl groups excluding tert-OH is 1. The minimum Gasteiger partial charge on any atom is -0.480 e. The molecule has 2 unspecified atom stereocenters. The fourth-order valence-corrected chi connectivity index (χ4v) is 3.27. The van der Waals surface area contributed by atoms with Gasteiger partial charge in [0.1, 0.15) is 6.04 Å². The summed E-state index contributed by atoms with van der Waals surface area (Å²) in [5.74, 6) is -1.50. The van der Waals surface area contributed by atoms with Crippen molar-refractivity contribution in [2.45, 2.75) is 25.5 Å². The molecule has 7 nitrogen and oxygen atoms in total. The van der Waals surface area contributed by atoms with Crippen LogP contribution in [-0.4, -0.2) is 66.6 Å². The van der Waals surface area contributed by atoms with Gasteiger partial charge >= 0.3 is 5.97 Å². The van der Waals surface area contributed by atoms with Gasteiger partial charge in [-0.15, -0.1) is 0 Å². The maximum Gasteiger partial charge on any atom is 0.322 e. The van der Waals surface area contributed by atoms with Crippen LogP contribution in [0.15, 0.2) is 0 Å². The molecule has 0 spiro atoms. The highest BCUT2D eigenvalue weighted by molar-refractivity contribution is 7.89. The van der Waals surface area contributed by atoms with Crippen LogP contribution in [0.2, 0.25) is 0 Å². The van der Waals surface area contributed by atoms with E-state index in [1.54, 1.807) is 6.92 Å². The SMILES string of the molecule is CCOCCS(=O)(=O)N1CC(O)CC1C(=O)O. The first-order valence-corrected chi connectivity index (χ1v) is 6.97. The maximum atomic E-state index is 11.8. The lowest BCUT2D eigenvalue weighted by Crippen LogP contribution is -2.42. The van der Waals surface area contributed by atoms with Crippen LogP contribution in [0, 0.1) is 0 Å². The number of carbonyl (C=O) groups is 1. The molecule has 1 fully saturated rings. The summed E-state index contributed by atoms with van der Waals surface area (Å²) < 4.78 is 29.5. The van der Waals surface area contributed by atoms with Gasteiger partial charge in [0.05, 0.1) is 18.5 Å². The summed E-state index contributed by atoms with van der Waals surface area (Å²) in [6.45, 7) is 2.01. The summed E-state index contributed by atoms with van der Waals surface area (Å²) in [5, 5.41) is 18.2. The summed E-state index contributed by atoms with van der Waals surface area (Å²) in [6.07, 6.45) is -0.985. The predicted molar refractivity (Wildman–Crippen MR) is 59.0 cm³/mol. The third-order valence-corrected chi connectivity index (χ3v) is 4.37. The molecule has 0 amide bonds. The van der Waals surface area contributed by atoms with Gasteiger partial charge in [-0.25, -0.2) is 8.42 Å². The number of carboxylic acid groups (broad SMARTS) is 1. The van der Waals surface area contributed by atoms with Crippen molar-refractivity contribution in [3.8, 4) is 0 Å². The van der Waals surface area contributed by atoms with Crippen molar-refractivity contribution in [2.75, 3.05) is 25.5 Å². The monoisotopic (exact) mass is 267 g/mol. The Morgan fingerprint density at radius 3 is 2.71 bits per heavy atom. The molecule has 1 aliphatic heterocycles. The number of sulfonamides is 1. The van der Waals surface area contributed by atoms with Crippen molar-refractivity contribution in [2.24, 2.45) is 0 Å². The number of β-amino-alcohol motifs (C(OH)–C–C–N with tert-alkyl or cyclic N) is 1. The largest absolute Gasteiger partial charge is 0.480 e. The van der Waals surface area contributed by atoms with Crippen LogP contribution in [0.1, 0.15) is 13.3 Å². The van der Waals surface area contributed by atoms with E-state index in [0.29, 0.717) is 6.61 Å². The molecule has 2 N–H and O–H groups in total. The Kier molecular flexibility index (Phi) is 4.87. The van der Waals surface area contributed by atoms with Gasteiger partial charge in [-0.1, -0.05) is 0 Å². The zero-order valence-corrected chi connectivity index (χ0v) is 10.4. The molecule has 100 valence electrons. The molecule has 0 bridgehead atoms. The van der Waals surface area contributed by atoms with Crippen LogP contribution in [0.3, 0.4) is 0 Å². The summed E-state index contributed by atoms with van der Waals surface area (Å²) in [4.78, 5) is 10.9. The average molecular weight is 267 g/mol. The molecule has 0 radical (unpaired) electrons. The molecular weight excluding hydrogens is 250 g/mol. The molecule has 0 aromatic carbocycles. The fraction of sp³-hybridized carbons (Fsp3) is 0.889. The van der Waals surface area contributed by atoms with Gasteiger partial charge in [-0.05, 0) is 6.92 Å². The van der Waals surface area contributed by atoms with Gasteiger partial charge in [0.25, 0.3) is 0 Å². The normalized spacial score (nSPS) is 26.2. The van der Waals surface area contributed by atoms with E-state index in [1.807, 2.05) is 0 Å². The van der Waals surface area contributed by atoms with Crippen LogP contribution in [0.25, 0.3) is 0 Å². The second kappa shape index (κ2) is 5.76. The van der Waals surface area contributed by atoms with Gasteiger partial charge < -0.3 is 14.9 Å². The zero-order valence-electron chi connectivity index (χ0n) is 9.57. The molecule has 0 aliphatic carbocycles. The first-order valence-electron chi connectivity index (χ1n) is 5.36. The number of hydrogen-bond acceptors (Lipinski definition) is 5. The number of rotatable bonds is 6. The quantitative estimate of drug-likeness (QED) is 0.590. The van der Waals surface area contributed by atoms with Gasteiger partial charge in [0.2, 0.25) is 10.0 Å². The fourth-order valence-electron chi connectivity index (χ4n) is 1.74. The van der Waals surface area contributed by atoms with E-state index in [1.165, 1.54) is 0 Å². The Labute approximate surface area is 100 Å². The van der Waals surface area contributed by atoms with E-state index in [4.69, 9.17) is 9.84 Å². The van der Waals surface area contributed by atoms with Crippen molar-refractivity contribution >= 4 is 16.0 Å². The molecule has 1 rings (SSSR count). The lowest BCUT2D eigenvalue weighted by atomic mass is 10.2. The summed E-state index contributed by atoms with van der Waals surface area (Å²) in [5.41, 5.74) is 0. The van der Waals surface area contributed by atoms with Crippen LogP contribution in [-0.2, 0) is 19.6 Å². The molecule has 17 heavy (non-hydrogen) atoms. The number of nitrogens with zero attached hydrogens (tertiary/aromatic N) is 1. The second-order valence-electron chi connectivity index (χ2n) is 3.83. The maximum absolute atomic E-state index is 11.8. The van der Waals surface area contributed by atoms with Crippen molar-refractivity contribution in [3.05, 3.63) is 0 Å². The van der Waals surface area contributed by atoms with E-state index in [9.17, 15) is 18.3 Å². The molecule has 8 heteroatoms. The smallest absolute Gasteiger partial charge is 0.322 e.